The van der Waals surface area contributed by atoms with Crippen LogP contribution in [0.5, 0.6) is 0 Å². The molecule has 0 spiro atoms. The summed E-state index contributed by atoms with van der Waals surface area (Å²) in [4.78, 5) is 6.61. The molecule has 0 amide bonds. The third kappa shape index (κ3) is 4.43. The lowest BCUT2D eigenvalue weighted by Crippen LogP contribution is -2.55. The molecule has 1 saturated heterocycles. The molecule has 1 heterocycles. The van der Waals surface area contributed by atoms with Crippen molar-refractivity contribution in [2.75, 3.05) is 19.6 Å². The van der Waals surface area contributed by atoms with Gasteiger partial charge in [0.25, 0.3) is 0 Å². The molecule has 0 radical (unpaired) electrons. The second-order valence-electron chi connectivity index (χ2n) is 5.67. The molecule has 1 aromatic carbocycles. The van der Waals surface area contributed by atoms with Crippen molar-refractivity contribution in [3.05, 3.63) is 35.9 Å². The molecule has 0 aliphatic carbocycles. The van der Waals surface area contributed by atoms with E-state index in [-0.39, 0.29) is 0 Å². The van der Waals surface area contributed by atoms with Gasteiger partial charge in [-0.3, -0.25) is 4.90 Å². The fraction of sp³-hybridized carbons (Fsp3) is 0.588. The van der Waals surface area contributed by atoms with Gasteiger partial charge < -0.3 is 10.3 Å². The van der Waals surface area contributed by atoms with E-state index < -0.39 is 0 Å². The van der Waals surface area contributed by atoms with Gasteiger partial charge in [0.05, 0.1) is 0 Å². The zero-order valence-corrected chi connectivity index (χ0v) is 12.6. The molecular weight excluding hydrogens is 246 g/mol. The van der Waals surface area contributed by atoms with E-state index in [0.717, 1.165) is 32.6 Å². The molecule has 1 aliphatic rings. The highest BCUT2D eigenvalue weighted by Crippen LogP contribution is 2.17. The minimum Gasteiger partial charge on any atom is -0.311 e. The van der Waals surface area contributed by atoms with Crippen LogP contribution in [-0.2, 0) is 6.54 Å². The second-order valence-corrected chi connectivity index (χ2v) is 5.67. The van der Waals surface area contributed by atoms with Crippen molar-refractivity contribution in [1.82, 2.24) is 10.2 Å². The number of piperazine rings is 1. The van der Waals surface area contributed by atoms with Gasteiger partial charge >= 0.3 is 0 Å². The van der Waals surface area contributed by atoms with Crippen molar-refractivity contribution in [2.45, 2.75) is 44.8 Å². The quantitative estimate of drug-likeness (QED) is 0.611. The lowest BCUT2D eigenvalue weighted by atomic mass is 10.0. The fourth-order valence-electron chi connectivity index (χ4n) is 2.94. The third-order valence-electron chi connectivity index (χ3n) is 4.19. The summed E-state index contributed by atoms with van der Waals surface area (Å²) in [6.45, 7) is 10.0. The van der Waals surface area contributed by atoms with Gasteiger partial charge in [-0.1, -0.05) is 37.3 Å². The minimum absolute atomic E-state index is 0.625. The Labute approximate surface area is 123 Å². The van der Waals surface area contributed by atoms with E-state index in [9.17, 15) is 0 Å². The standard InChI is InChI=1S/C17H27N3/c1-3-16-14-20(13-15-8-5-4-6-9-15)17(12-19-16)10-7-11-18-2/h4-6,8-9,16-17,19H,2-3,7,10-14H2,1H3/t16-,17+/m1/s1. The van der Waals surface area contributed by atoms with E-state index in [0.29, 0.717) is 12.1 Å². The molecule has 1 fully saturated rings. The maximum atomic E-state index is 3.97. The first-order valence-corrected chi connectivity index (χ1v) is 7.77. The first-order valence-electron chi connectivity index (χ1n) is 7.77. The number of nitrogens with zero attached hydrogens (tertiary/aromatic N) is 2. The molecule has 1 aromatic rings. The van der Waals surface area contributed by atoms with Gasteiger partial charge in [-0.15, -0.1) is 0 Å². The highest BCUT2D eigenvalue weighted by molar-refractivity contribution is 5.23. The van der Waals surface area contributed by atoms with Gasteiger partial charge in [-0.25, -0.2) is 0 Å². The largest absolute Gasteiger partial charge is 0.311 e. The highest BCUT2D eigenvalue weighted by Gasteiger charge is 2.26. The van der Waals surface area contributed by atoms with Crippen molar-refractivity contribution >= 4 is 6.72 Å². The first kappa shape index (κ1) is 15.2. The SMILES string of the molecule is C=NCCC[C@H]1CN[C@H](CC)CN1Cc1ccccc1. The van der Waals surface area contributed by atoms with E-state index in [1.54, 1.807) is 0 Å². The molecule has 2 atom stereocenters. The molecule has 0 unspecified atom stereocenters. The van der Waals surface area contributed by atoms with E-state index in [2.05, 4.69) is 59.2 Å². The Morgan fingerprint density at radius 1 is 1.35 bits per heavy atom. The highest BCUT2D eigenvalue weighted by atomic mass is 15.2. The maximum Gasteiger partial charge on any atom is 0.0382 e. The molecule has 3 nitrogen and oxygen atoms in total. The molecule has 0 aromatic heterocycles. The summed E-state index contributed by atoms with van der Waals surface area (Å²) in [5.74, 6) is 0. The summed E-state index contributed by atoms with van der Waals surface area (Å²) in [5.41, 5.74) is 1.41. The van der Waals surface area contributed by atoms with Crippen LogP contribution >= 0.6 is 0 Å². The van der Waals surface area contributed by atoms with Crippen LogP contribution in [0.15, 0.2) is 35.3 Å². The predicted molar refractivity (Wildman–Crippen MR) is 86.4 cm³/mol. The van der Waals surface area contributed by atoms with Crippen LogP contribution in [-0.4, -0.2) is 43.3 Å². The van der Waals surface area contributed by atoms with Crippen LogP contribution in [0.2, 0.25) is 0 Å². The van der Waals surface area contributed by atoms with Crippen LogP contribution in [0.25, 0.3) is 0 Å². The zero-order chi connectivity index (χ0) is 14.2. The monoisotopic (exact) mass is 273 g/mol. The first-order chi connectivity index (χ1) is 9.83. The molecular formula is C17H27N3. The lowest BCUT2D eigenvalue weighted by molar-refractivity contribution is 0.113. The molecule has 0 saturated carbocycles. The number of benzene rings is 1. The van der Waals surface area contributed by atoms with Crippen LogP contribution in [0.4, 0.5) is 0 Å². The van der Waals surface area contributed by atoms with Crippen molar-refractivity contribution in [3.63, 3.8) is 0 Å². The Hall–Kier alpha value is -1.19. The molecule has 110 valence electrons. The number of nitrogens with one attached hydrogen (secondary N) is 1. The number of aliphatic imine (C=N–C) groups is 1. The number of hydrogen-bond donors (Lipinski definition) is 1. The zero-order valence-electron chi connectivity index (χ0n) is 12.6. The second kappa shape index (κ2) is 8.18. The van der Waals surface area contributed by atoms with Crippen LogP contribution < -0.4 is 5.32 Å². The Bertz CT molecular complexity index is 390. The number of rotatable bonds is 7. The Morgan fingerprint density at radius 2 is 2.15 bits per heavy atom. The van der Waals surface area contributed by atoms with Gasteiger partial charge in [0.2, 0.25) is 0 Å². The Morgan fingerprint density at radius 3 is 2.85 bits per heavy atom. The van der Waals surface area contributed by atoms with E-state index in [1.807, 2.05) is 0 Å². The summed E-state index contributed by atoms with van der Waals surface area (Å²) in [7, 11) is 0. The predicted octanol–water partition coefficient (Wildman–Crippen LogP) is 2.72. The summed E-state index contributed by atoms with van der Waals surface area (Å²) >= 11 is 0. The van der Waals surface area contributed by atoms with Crippen LogP contribution in [0, 0.1) is 0 Å². The van der Waals surface area contributed by atoms with Crippen molar-refractivity contribution in [2.24, 2.45) is 4.99 Å². The molecule has 2 rings (SSSR count). The smallest absolute Gasteiger partial charge is 0.0382 e. The maximum absolute atomic E-state index is 3.97. The minimum atomic E-state index is 0.625. The average molecular weight is 273 g/mol. The molecule has 1 N–H and O–H groups in total. The van der Waals surface area contributed by atoms with Gasteiger partial charge in [-0.2, -0.15) is 0 Å². The van der Waals surface area contributed by atoms with E-state index >= 15 is 0 Å². The molecule has 0 bridgehead atoms. The molecule has 20 heavy (non-hydrogen) atoms. The average Bonchev–Trinajstić information content (AvgIpc) is 2.50. The summed E-state index contributed by atoms with van der Waals surface area (Å²) in [6.07, 6.45) is 3.54. The van der Waals surface area contributed by atoms with Gasteiger partial charge in [0, 0.05) is 38.3 Å². The third-order valence-corrected chi connectivity index (χ3v) is 4.19. The van der Waals surface area contributed by atoms with Crippen molar-refractivity contribution in [3.8, 4) is 0 Å². The van der Waals surface area contributed by atoms with Gasteiger partial charge in [-0.05, 0) is 31.5 Å². The van der Waals surface area contributed by atoms with Gasteiger partial charge in [0.1, 0.15) is 0 Å². The van der Waals surface area contributed by atoms with Crippen LogP contribution in [0.3, 0.4) is 0 Å². The van der Waals surface area contributed by atoms with Crippen LogP contribution in [0.1, 0.15) is 31.7 Å². The normalized spacial score (nSPS) is 23.6. The van der Waals surface area contributed by atoms with Crippen molar-refractivity contribution < 1.29 is 0 Å². The summed E-state index contributed by atoms with van der Waals surface area (Å²) in [5, 5.41) is 3.67. The topological polar surface area (TPSA) is 27.6 Å². The van der Waals surface area contributed by atoms with Gasteiger partial charge in [0.15, 0.2) is 0 Å². The number of hydrogen-bond acceptors (Lipinski definition) is 3. The van der Waals surface area contributed by atoms with E-state index in [4.69, 9.17) is 0 Å². The Kier molecular flexibility index (Phi) is 6.22. The lowest BCUT2D eigenvalue weighted by Gasteiger charge is -2.40. The van der Waals surface area contributed by atoms with E-state index in [1.165, 1.54) is 18.4 Å². The Balaban J connectivity index is 1.96. The summed E-state index contributed by atoms with van der Waals surface area (Å²) < 4.78 is 0. The summed E-state index contributed by atoms with van der Waals surface area (Å²) in [6, 6.07) is 12.1. The fourth-order valence-corrected chi connectivity index (χ4v) is 2.94. The molecule has 1 aliphatic heterocycles. The van der Waals surface area contributed by atoms with Crippen molar-refractivity contribution in [1.29, 1.82) is 0 Å². The molecule has 3 heteroatoms.